The van der Waals surface area contributed by atoms with Crippen LogP contribution in [0.2, 0.25) is 0 Å². The number of hydrogen-bond acceptors (Lipinski definition) is 3. The van der Waals surface area contributed by atoms with Crippen LogP contribution in [-0.2, 0) is 4.79 Å². The summed E-state index contributed by atoms with van der Waals surface area (Å²) >= 11 is 1.76. The van der Waals surface area contributed by atoms with Crippen molar-refractivity contribution < 1.29 is 4.79 Å². The number of amides is 1. The molecule has 0 bridgehead atoms. The first-order chi connectivity index (χ1) is 6.78. The maximum Gasteiger partial charge on any atom is 0.236 e. The van der Waals surface area contributed by atoms with E-state index in [2.05, 4.69) is 39.3 Å². The molecule has 1 atom stereocenters. The summed E-state index contributed by atoms with van der Waals surface area (Å²) in [6.07, 6.45) is 2.06. The summed E-state index contributed by atoms with van der Waals surface area (Å²) in [5.41, 5.74) is -0.000750. The van der Waals surface area contributed by atoms with E-state index in [1.165, 1.54) is 0 Å². The molecule has 0 aliphatic heterocycles. The van der Waals surface area contributed by atoms with Gasteiger partial charge in [0, 0.05) is 24.4 Å². The average Bonchev–Trinajstić information content (AvgIpc) is 2.12. The minimum atomic E-state index is -0.000750. The molecule has 0 saturated heterocycles. The molecular formula is C11H24N2OS. The molecule has 0 spiro atoms. The minimum Gasteiger partial charge on any atom is -0.341 e. The van der Waals surface area contributed by atoms with Crippen molar-refractivity contribution in [3.8, 4) is 0 Å². The predicted octanol–water partition coefficient (Wildman–Crippen LogP) is 1.58. The normalized spacial score (nSPS) is 13.7. The fourth-order valence-corrected chi connectivity index (χ4v) is 1.77. The Morgan fingerprint density at radius 3 is 2.40 bits per heavy atom. The number of carbonyl (C=O) groups is 1. The maximum atomic E-state index is 11.8. The lowest BCUT2D eigenvalue weighted by molar-refractivity contribution is -0.130. The fourth-order valence-electron chi connectivity index (χ4n) is 1.06. The summed E-state index contributed by atoms with van der Waals surface area (Å²) in [6, 6.07) is 0.300. The van der Waals surface area contributed by atoms with E-state index in [1.807, 2.05) is 11.9 Å². The third-order valence-electron chi connectivity index (χ3n) is 2.23. The van der Waals surface area contributed by atoms with Crippen molar-refractivity contribution in [2.45, 2.75) is 39.3 Å². The highest BCUT2D eigenvalue weighted by atomic mass is 32.2. The van der Waals surface area contributed by atoms with Gasteiger partial charge in [0.05, 0.1) is 6.54 Å². The van der Waals surface area contributed by atoms with Crippen molar-refractivity contribution in [2.75, 3.05) is 25.6 Å². The van der Waals surface area contributed by atoms with E-state index in [9.17, 15) is 4.79 Å². The van der Waals surface area contributed by atoms with Gasteiger partial charge in [0.15, 0.2) is 0 Å². The quantitative estimate of drug-likeness (QED) is 0.781. The van der Waals surface area contributed by atoms with Gasteiger partial charge in [-0.25, -0.2) is 0 Å². The fraction of sp³-hybridized carbons (Fsp3) is 0.909. The molecule has 0 radical (unpaired) electrons. The number of carbonyl (C=O) groups excluding carboxylic acids is 1. The van der Waals surface area contributed by atoms with Gasteiger partial charge in [0.25, 0.3) is 0 Å². The van der Waals surface area contributed by atoms with Crippen LogP contribution in [0.25, 0.3) is 0 Å². The molecule has 0 aromatic heterocycles. The van der Waals surface area contributed by atoms with Gasteiger partial charge in [-0.3, -0.25) is 4.79 Å². The zero-order valence-electron chi connectivity index (χ0n) is 10.8. The van der Waals surface area contributed by atoms with E-state index in [-0.39, 0.29) is 11.4 Å². The van der Waals surface area contributed by atoms with Crippen molar-refractivity contribution >= 4 is 17.7 Å². The Morgan fingerprint density at radius 1 is 1.47 bits per heavy atom. The van der Waals surface area contributed by atoms with Crippen molar-refractivity contribution in [3.05, 3.63) is 0 Å². The molecule has 1 unspecified atom stereocenters. The van der Waals surface area contributed by atoms with E-state index in [1.54, 1.807) is 11.8 Å². The summed E-state index contributed by atoms with van der Waals surface area (Å²) in [6.45, 7) is 8.67. The van der Waals surface area contributed by atoms with E-state index in [0.717, 1.165) is 5.75 Å². The van der Waals surface area contributed by atoms with Gasteiger partial charge in [-0.15, -0.1) is 0 Å². The molecule has 1 N–H and O–H groups in total. The first-order valence-electron chi connectivity index (χ1n) is 5.27. The largest absolute Gasteiger partial charge is 0.341 e. The topological polar surface area (TPSA) is 32.3 Å². The molecule has 0 fully saturated rings. The molecule has 0 rings (SSSR count). The number of rotatable bonds is 5. The van der Waals surface area contributed by atoms with Gasteiger partial charge in [-0.1, -0.05) is 0 Å². The van der Waals surface area contributed by atoms with Crippen LogP contribution in [0.1, 0.15) is 27.7 Å². The summed E-state index contributed by atoms with van der Waals surface area (Å²) in [5, 5.41) is 3.20. The third-order valence-corrected chi connectivity index (χ3v) is 3.05. The number of hydrogen-bond donors (Lipinski definition) is 1. The number of likely N-dealkylation sites (N-methyl/N-ethyl adjacent to an activating group) is 1. The Bertz CT molecular complexity index is 201. The Kier molecular flexibility index (Phi) is 6.29. The highest BCUT2D eigenvalue weighted by Crippen LogP contribution is 2.04. The van der Waals surface area contributed by atoms with Crippen LogP contribution in [0.3, 0.4) is 0 Å². The Morgan fingerprint density at radius 2 is 2.00 bits per heavy atom. The molecule has 90 valence electrons. The van der Waals surface area contributed by atoms with Gasteiger partial charge >= 0.3 is 0 Å². The van der Waals surface area contributed by atoms with Crippen LogP contribution < -0.4 is 5.32 Å². The van der Waals surface area contributed by atoms with Crippen molar-refractivity contribution in [3.63, 3.8) is 0 Å². The van der Waals surface area contributed by atoms with Crippen LogP contribution in [0.5, 0.6) is 0 Å². The summed E-state index contributed by atoms with van der Waals surface area (Å²) < 4.78 is 0. The van der Waals surface area contributed by atoms with Crippen LogP contribution in [0.15, 0.2) is 0 Å². The monoisotopic (exact) mass is 232 g/mol. The number of nitrogens with zero attached hydrogens (tertiary/aromatic N) is 1. The van der Waals surface area contributed by atoms with Gasteiger partial charge in [-0.05, 0) is 34.0 Å². The predicted molar refractivity (Wildman–Crippen MR) is 68.4 cm³/mol. The second-order valence-corrected chi connectivity index (χ2v) is 5.82. The summed E-state index contributed by atoms with van der Waals surface area (Å²) in [5.74, 6) is 1.14. The van der Waals surface area contributed by atoms with Crippen LogP contribution in [0, 0.1) is 0 Å². The van der Waals surface area contributed by atoms with E-state index < -0.39 is 0 Å². The van der Waals surface area contributed by atoms with E-state index in [4.69, 9.17) is 0 Å². The highest BCUT2D eigenvalue weighted by Gasteiger charge is 2.17. The number of thioether (sulfide) groups is 1. The molecule has 0 aromatic carbocycles. The maximum absolute atomic E-state index is 11.8. The Labute approximate surface area is 98.0 Å². The minimum absolute atomic E-state index is 0.000750. The van der Waals surface area contributed by atoms with Crippen LogP contribution >= 0.6 is 11.8 Å². The van der Waals surface area contributed by atoms with E-state index in [0.29, 0.717) is 12.6 Å². The van der Waals surface area contributed by atoms with Crippen LogP contribution in [-0.4, -0.2) is 48.0 Å². The molecule has 0 aliphatic carbocycles. The average molecular weight is 232 g/mol. The van der Waals surface area contributed by atoms with Gasteiger partial charge in [0.2, 0.25) is 5.91 Å². The molecule has 0 saturated carbocycles. The molecule has 0 heterocycles. The second-order valence-electron chi connectivity index (χ2n) is 4.91. The van der Waals surface area contributed by atoms with Crippen molar-refractivity contribution in [1.29, 1.82) is 0 Å². The van der Waals surface area contributed by atoms with Crippen molar-refractivity contribution in [1.82, 2.24) is 10.2 Å². The lowest BCUT2D eigenvalue weighted by Gasteiger charge is -2.27. The molecule has 0 aromatic rings. The third kappa shape index (κ3) is 6.79. The SMILES string of the molecule is CSCC(C)N(C)C(=O)CNC(C)(C)C. The van der Waals surface area contributed by atoms with Gasteiger partial charge < -0.3 is 10.2 Å². The zero-order valence-corrected chi connectivity index (χ0v) is 11.6. The van der Waals surface area contributed by atoms with Crippen molar-refractivity contribution in [2.24, 2.45) is 0 Å². The van der Waals surface area contributed by atoms with E-state index >= 15 is 0 Å². The smallest absolute Gasteiger partial charge is 0.236 e. The van der Waals surface area contributed by atoms with Gasteiger partial charge in [-0.2, -0.15) is 11.8 Å². The zero-order chi connectivity index (χ0) is 12.1. The molecule has 15 heavy (non-hydrogen) atoms. The Hall–Kier alpha value is -0.220. The Balaban J connectivity index is 3.99. The second kappa shape index (κ2) is 6.38. The molecule has 0 aliphatic rings. The molecule has 1 amide bonds. The lowest BCUT2D eigenvalue weighted by atomic mass is 10.1. The highest BCUT2D eigenvalue weighted by molar-refractivity contribution is 7.98. The van der Waals surface area contributed by atoms with Crippen LogP contribution in [0.4, 0.5) is 0 Å². The standard InChI is InChI=1S/C11H24N2OS/c1-9(8-15-6)13(5)10(14)7-12-11(2,3)4/h9,12H,7-8H2,1-6H3. The first kappa shape index (κ1) is 14.8. The molecule has 4 heteroatoms. The summed E-state index contributed by atoms with van der Waals surface area (Å²) in [7, 11) is 1.87. The first-order valence-corrected chi connectivity index (χ1v) is 6.67. The summed E-state index contributed by atoms with van der Waals surface area (Å²) in [4.78, 5) is 13.6. The molecule has 3 nitrogen and oxygen atoms in total. The lowest BCUT2D eigenvalue weighted by Crippen LogP contribution is -2.46. The van der Waals surface area contributed by atoms with Gasteiger partial charge in [0.1, 0.15) is 0 Å². The molecular weight excluding hydrogens is 208 g/mol. The number of nitrogens with one attached hydrogen (secondary N) is 1.